The lowest BCUT2D eigenvalue weighted by atomic mass is 9.83. The summed E-state index contributed by atoms with van der Waals surface area (Å²) < 4.78 is 0. The molecule has 1 aliphatic heterocycles. The average Bonchev–Trinajstić information content (AvgIpc) is 2.56. The van der Waals surface area contributed by atoms with Gasteiger partial charge >= 0.3 is 6.03 Å². The molecule has 3 atom stereocenters. The summed E-state index contributed by atoms with van der Waals surface area (Å²) >= 11 is 0. The Kier molecular flexibility index (Phi) is 4.84. The van der Waals surface area contributed by atoms with Gasteiger partial charge in [0.1, 0.15) is 6.04 Å². The number of nitrogens with one attached hydrogen (secondary N) is 3. The van der Waals surface area contributed by atoms with Gasteiger partial charge in [-0.2, -0.15) is 0 Å². The van der Waals surface area contributed by atoms with Gasteiger partial charge in [0.25, 0.3) is 0 Å². The summed E-state index contributed by atoms with van der Waals surface area (Å²) in [5, 5.41) is 8.58. The van der Waals surface area contributed by atoms with E-state index in [1.807, 2.05) is 6.92 Å². The lowest BCUT2D eigenvalue weighted by molar-refractivity contribution is -0.125. The van der Waals surface area contributed by atoms with Gasteiger partial charge in [-0.25, -0.2) is 4.79 Å². The van der Waals surface area contributed by atoms with Crippen molar-refractivity contribution in [1.82, 2.24) is 16.0 Å². The number of carbonyl (C=O) groups excluding carboxylic acids is 2. The molecule has 5 heteroatoms. The monoisotopic (exact) mass is 315 g/mol. The largest absolute Gasteiger partial charge is 0.354 e. The summed E-state index contributed by atoms with van der Waals surface area (Å²) in [4.78, 5) is 24.0. The molecule has 0 bridgehead atoms. The third-order valence-corrected chi connectivity index (χ3v) is 5.04. The van der Waals surface area contributed by atoms with Crippen LogP contribution in [0.4, 0.5) is 4.79 Å². The molecule has 3 N–H and O–H groups in total. The molecule has 3 amide bonds. The molecular formula is C18H25N3O2. The van der Waals surface area contributed by atoms with Crippen LogP contribution in [0.25, 0.3) is 0 Å². The van der Waals surface area contributed by atoms with Crippen LogP contribution in [-0.2, 0) is 11.2 Å². The maximum Gasteiger partial charge on any atom is 0.315 e. The number of piperidine rings is 1. The second kappa shape index (κ2) is 7.02. The molecule has 124 valence electrons. The van der Waals surface area contributed by atoms with Crippen LogP contribution in [0.5, 0.6) is 0 Å². The van der Waals surface area contributed by atoms with Gasteiger partial charge in [0, 0.05) is 19.0 Å². The molecular weight excluding hydrogens is 290 g/mol. The molecule has 0 saturated carbocycles. The Morgan fingerprint density at radius 2 is 2.13 bits per heavy atom. The number of carbonyl (C=O) groups is 2. The van der Waals surface area contributed by atoms with Crippen molar-refractivity contribution in [3.63, 3.8) is 0 Å². The molecule has 1 aliphatic carbocycles. The molecule has 2 aliphatic rings. The van der Waals surface area contributed by atoms with Crippen molar-refractivity contribution >= 4 is 11.9 Å². The lowest BCUT2D eigenvalue weighted by Crippen LogP contribution is -2.56. The summed E-state index contributed by atoms with van der Waals surface area (Å²) in [5.74, 6) is 0.454. The lowest BCUT2D eigenvalue weighted by Gasteiger charge is -2.30. The first kappa shape index (κ1) is 15.8. The van der Waals surface area contributed by atoms with Crippen molar-refractivity contribution in [3.05, 3.63) is 35.4 Å². The van der Waals surface area contributed by atoms with E-state index in [1.54, 1.807) is 0 Å². The normalized spacial score (nSPS) is 26.8. The molecule has 0 spiro atoms. The van der Waals surface area contributed by atoms with Gasteiger partial charge in [0.15, 0.2) is 0 Å². The van der Waals surface area contributed by atoms with Gasteiger partial charge in [-0.15, -0.1) is 0 Å². The number of rotatable bonds is 3. The fraction of sp³-hybridized carbons (Fsp3) is 0.556. The highest BCUT2D eigenvalue weighted by atomic mass is 16.2. The number of urea groups is 1. The van der Waals surface area contributed by atoms with Crippen molar-refractivity contribution in [2.45, 2.75) is 44.6 Å². The van der Waals surface area contributed by atoms with Gasteiger partial charge in [0.2, 0.25) is 5.91 Å². The molecule has 23 heavy (non-hydrogen) atoms. The van der Waals surface area contributed by atoms with Crippen molar-refractivity contribution < 1.29 is 9.59 Å². The minimum absolute atomic E-state index is 0.0816. The summed E-state index contributed by atoms with van der Waals surface area (Å²) in [7, 11) is 0. The molecule has 3 unspecified atom stereocenters. The van der Waals surface area contributed by atoms with E-state index in [2.05, 4.69) is 40.2 Å². The van der Waals surface area contributed by atoms with Crippen molar-refractivity contribution in [3.8, 4) is 0 Å². The van der Waals surface area contributed by atoms with E-state index >= 15 is 0 Å². The molecule has 1 heterocycles. The first-order valence-electron chi connectivity index (χ1n) is 8.55. The van der Waals surface area contributed by atoms with Gasteiger partial charge < -0.3 is 16.0 Å². The molecule has 1 aromatic rings. The van der Waals surface area contributed by atoms with Gasteiger partial charge in [-0.1, -0.05) is 31.2 Å². The number of aryl methyl sites for hydroxylation is 1. The summed E-state index contributed by atoms with van der Waals surface area (Å²) in [5.41, 5.74) is 2.74. The van der Waals surface area contributed by atoms with Crippen molar-refractivity contribution in [2.24, 2.45) is 5.92 Å². The highest BCUT2D eigenvalue weighted by molar-refractivity contribution is 5.87. The molecule has 0 aromatic heterocycles. The Morgan fingerprint density at radius 3 is 2.96 bits per heavy atom. The minimum atomic E-state index is -0.428. The molecule has 5 nitrogen and oxygen atoms in total. The van der Waals surface area contributed by atoms with Gasteiger partial charge in [-0.05, 0) is 42.7 Å². The highest BCUT2D eigenvalue weighted by Crippen LogP contribution is 2.30. The van der Waals surface area contributed by atoms with E-state index < -0.39 is 6.04 Å². The van der Waals surface area contributed by atoms with E-state index in [0.29, 0.717) is 19.0 Å². The van der Waals surface area contributed by atoms with E-state index in [-0.39, 0.29) is 17.9 Å². The number of fused-ring (bicyclic) bond motifs is 1. The zero-order valence-corrected chi connectivity index (χ0v) is 13.6. The first-order valence-corrected chi connectivity index (χ1v) is 8.55. The molecule has 3 rings (SSSR count). The second-order valence-corrected chi connectivity index (χ2v) is 6.68. The van der Waals surface area contributed by atoms with Crippen LogP contribution in [0.2, 0.25) is 0 Å². The van der Waals surface area contributed by atoms with Gasteiger partial charge in [0.05, 0.1) is 0 Å². The Hall–Kier alpha value is -2.04. The Bertz CT molecular complexity index is 587. The molecule has 1 saturated heterocycles. The van der Waals surface area contributed by atoms with Crippen LogP contribution in [0, 0.1) is 5.92 Å². The number of hydrogen-bond donors (Lipinski definition) is 3. The molecule has 1 fully saturated rings. The van der Waals surface area contributed by atoms with Crippen LogP contribution in [-0.4, -0.2) is 31.1 Å². The average molecular weight is 315 g/mol. The highest BCUT2D eigenvalue weighted by Gasteiger charge is 2.30. The summed E-state index contributed by atoms with van der Waals surface area (Å²) in [6.07, 6.45) is 4.27. The fourth-order valence-corrected chi connectivity index (χ4v) is 3.64. The van der Waals surface area contributed by atoms with E-state index in [9.17, 15) is 9.59 Å². The Labute approximate surface area is 137 Å². The number of benzene rings is 1. The molecule has 0 radical (unpaired) electrons. The number of hydrogen-bond acceptors (Lipinski definition) is 2. The SMILES string of the molecule is CC1CCNC(=O)C1NC(=O)NCC1CCCc2ccccc21. The van der Waals surface area contributed by atoms with E-state index in [0.717, 1.165) is 25.7 Å². The maximum absolute atomic E-state index is 12.2. The quantitative estimate of drug-likeness (QED) is 0.797. The van der Waals surface area contributed by atoms with Crippen LogP contribution >= 0.6 is 0 Å². The van der Waals surface area contributed by atoms with Crippen molar-refractivity contribution in [1.29, 1.82) is 0 Å². The van der Waals surface area contributed by atoms with E-state index in [1.165, 1.54) is 11.1 Å². The minimum Gasteiger partial charge on any atom is -0.354 e. The Balaban J connectivity index is 1.54. The fourth-order valence-electron chi connectivity index (χ4n) is 3.64. The second-order valence-electron chi connectivity index (χ2n) is 6.68. The van der Waals surface area contributed by atoms with Crippen LogP contribution in [0.15, 0.2) is 24.3 Å². The van der Waals surface area contributed by atoms with Crippen LogP contribution < -0.4 is 16.0 Å². The Morgan fingerprint density at radius 1 is 1.30 bits per heavy atom. The summed E-state index contributed by atoms with van der Waals surface area (Å²) in [6.45, 7) is 3.31. The van der Waals surface area contributed by atoms with Crippen LogP contribution in [0.1, 0.15) is 43.2 Å². The van der Waals surface area contributed by atoms with Crippen molar-refractivity contribution in [2.75, 3.05) is 13.1 Å². The first-order chi connectivity index (χ1) is 11.1. The topological polar surface area (TPSA) is 70.2 Å². The smallest absolute Gasteiger partial charge is 0.315 e. The van der Waals surface area contributed by atoms with Crippen LogP contribution in [0.3, 0.4) is 0 Å². The third kappa shape index (κ3) is 3.66. The molecule has 1 aromatic carbocycles. The zero-order chi connectivity index (χ0) is 16.2. The summed E-state index contributed by atoms with van der Waals surface area (Å²) in [6, 6.07) is 7.80. The van der Waals surface area contributed by atoms with Gasteiger partial charge in [-0.3, -0.25) is 4.79 Å². The maximum atomic E-state index is 12.2. The standard InChI is InChI=1S/C18H25N3O2/c1-12-9-10-19-17(22)16(12)21-18(23)20-11-14-7-4-6-13-5-2-3-8-15(13)14/h2-3,5,8,12,14,16H,4,6-7,9-11H2,1H3,(H,19,22)(H2,20,21,23). The number of amides is 3. The predicted octanol–water partition coefficient (Wildman–Crippen LogP) is 1.93. The van der Waals surface area contributed by atoms with E-state index in [4.69, 9.17) is 0 Å². The predicted molar refractivity (Wildman–Crippen MR) is 89.2 cm³/mol. The zero-order valence-electron chi connectivity index (χ0n) is 13.6. The third-order valence-electron chi connectivity index (χ3n) is 5.04.